The zero-order valence-electron chi connectivity index (χ0n) is 12.8. The molecule has 2 rings (SSSR count). The van der Waals surface area contributed by atoms with Gasteiger partial charge in [0.25, 0.3) is 0 Å². The van der Waals surface area contributed by atoms with E-state index in [9.17, 15) is 4.79 Å². The van der Waals surface area contributed by atoms with E-state index in [0.29, 0.717) is 4.99 Å². The fourth-order valence-corrected chi connectivity index (χ4v) is 3.17. The monoisotopic (exact) mass is 306 g/mol. The Morgan fingerprint density at radius 3 is 2.57 bits per heavy atom. The Labute approximate surface area is 130 Å². The van der Waals surface area contributed by atoms with Crippen LogP contribution in [-0.4, -0.2) is 35.0 Å². The van der Waals surface area contributed by atoms with E-state index >= 15 is 0 Å². The Bertz CT molecular complexity index is 565. The molecular weight excluding hydrogens is 284 g/mol. The molecule has 1 aliphatic heterocycles. The standard InChI is InChI=1S/C15H22N4OS/c1-9-8-13(14(15(16)21)10(2)17-9)19-6-4-12(5-7-19)18-11(3)20/h8,12H,4-7H2,1-3H3,(H2,16,21)(H,18,20). The second-order valence-corrected chi connectivity index (χ2v) is 6.01. The Morgan fingerprint density at radius 2 is 2.05 bits per heavy atom. The summed E-state index contributed by atoms with van der Waals surface area (Å²) in [5.74, 6) is 0.0351. The van der Waals surface area contributed by atoms with Crippen molar-refractivity contribution in [1.29, 1.82) is 0 Å². The molecule has 0 bridgehead atoms. The Balaban J connectivity index is 2.20. The van der Waals surface area contributed by atoms with E-state index in [2.05, 4.69) is 15.2 Å². The van der Waals surface area contributed by atoms with Crippen molar-refractivity contribution in [1.82, 2.24) is 10.3 Å². The first-order valence-corrected chi connectivity index (χ1v) is 7.59. The maximum Gasteiger partial charge on any atom is 0.217 e. The molecule has 1 saturated heterocycles. The highest BCUT2D eigenvalue weighted by atomic mass is 32.1. The molecule has 1 aromatic heterocycles. The molecule has 5 nitrogen and oxygen atoms in total. The topological polar surface area (TPSA) is 71.2 Å². The number of amides is 1. The number of carbonyl (C=O) groups excluding carboxylic acids is 1. The molecule has 0 spiro atoms. The summed E-state index contributed by atoms with van der Waals surface area (Å²) in [6.45, 7) is 7.23. The van der Waals surface area contributed by atoms with Gasteiger partial charge in [0.2, 0.25) is 5.91 Å². The lowest BCUT2D eigenvalue weighted by atomic mass is 10.0. The van der Waals surface area contributed by atoms with Gasteiger partial charge in [-0.3, -0.25) is 9.78 Å². The van der Waals surface area contributed by atoms with Crippen LogP contribution in [0.25, 0.3) is 0 Å². The lowest BCUT2D eigenvalue weighted by molar-refractivity contribution is -0.119. The summed E-state index contributed by atoms with van der Waals surface area (Å²) in [4.78, 5) is 18.3. The molecule has 1 fully saturated rings. The maximum atomic E-state index is 11.1. The number of piperidine rings is 1. The summed E-state index contributed by atoms with van der Waals surface area (Å²) >= 11 is 5.18. The molecule has 1 aliphatic rings. The van der Waals surface area contributed by atoms with Crippen molar-refractivity contribution in [3.63, 3.8) is 0 Å². The summed E-state index contributed by atoms with van der Waals surface area (Å²) in [5, 5.41) is 2.99. The first kappa shape index (κ1) is 15.7. The van der Waals surface area contributed by atoms with Crippen LogP contribution in [0.4, 0.5) is 5.69 Å². The van der Waals surface area contributed by atoms with Gasteiger partial charge in [0, 0.05) is 37.4 Å². The van der Waals surface area contributed by atoms with E-state index < -0.39 is 0 Å². The van der Waals surface area contributed by atoms with Crippen molar-refractivity contribution in [3.05, 3.63) is 23.0 Å². The number of nitrogens with zero attached hydrogens (tertiary/aromatic N) is 2. The fraction of sp³-hybridized carbons (Fsp3) is 0.533. The molecule has 0 saturated carbocycles. The molecule has 6 heteroatoms. The van der Waals surface area contributed by atoms with Gasteiger partial charge in [-0.15, -0.1) is 0 Å². The predicted molar refractivity (Wildman–Crippen MR) is 88.7 cm³/mol. The number of aryl methyl sites for hydroxylation is 2. The number of carbonyl (C=O) groups is 1. The number of hydrogen-bond donors (Lipinski definition) is 2. The summed E-state index contributed by atoms with van der Waals surface area (Å²) in [6, 6.07) is 2.30. The molecule has 0 aromatic carbocycles. The zero-order chi connectivity index (χ0) is 15.6. The SMILES string of the molecule is CC(=O)NC1CCN(c2cc(C)nc(C)c2C(N)=S)CC1. The van der Waals surface area contributed by atoms with E-state index in [1.54, 1.807) is 6.92 Å². The van der Waals surface area contributed by atoms with Gasteiger partial charge in [-0.2, -0.15) is 0 Å². The van der Waals surface area contributed by atoms with Gasteiger partial charge in [-0.05, 0) is 32.8 Å². The molecule has 1 aromatic rings. The minimum absolute atomic E-state index is 0.0351. The molecule has 3 N–H and O–H groups in total. The second kappa shape index (κ2) is 6.39. The molecule has 2 heterocycles. The van der Waals surface area contributed by atoms with E-state index in [1.807, 2.05) is 19.9 Å². The van der Waals surface area contributed by atoms with Gasteiger partial charge in [-0.1, -0.05) is 12.2 Å². The smallest absolute Gasteiger partial charge is 0.217 e. The van der Waals surface area contributed by atoms with E-state index in [-0.39, 0.29) is 11.9 Å². The zero-order valence-corrected chi connectivity index (χ0v) is 13.6. The lowest BCUT2D eigenvalue weighted by Crippen LogP contribution is -2.44. The Morgan fingerprint density at radius 1 is 1.43 bits per heavy atom. The number of pyridine rings is 1. The third-order valence-electron chi connectivity index (χ3n) is 3.80. The molecular formula is C15H22N4OS. The quantitative estimate of drug-likeness (QED) is 0.827. The minimum Gasteiger partial charge on any atom is -0.389 e. The molecule has 21 heavy (non-hydrogen) atoms. The highest BCUT2D eigenvalue weighted by Crippen LogP contribution is 2.27. The van der Waals surface area contributed by atoms with Crippen molar-refractivity contribution in [2.24, 2.45) is 5.73 Å². The number of nitrogens with two attached hydrogens (primary N) is 1. The predicted octanol–water partition coefficient (Wildman–Crippen LogP) is 1.44. The fourth-order valence-electron chi connectivity index (χ4n) is 2.91. The van der Waals surface area contributed by atoms with Crippen LogP contribution < -0.4 is 16.0 Å². The van der Waals surface area contributed by atoms with Crippen LogP contribution >= 0.6 is 12.2 Å². The Kier molecular flexibility index (Phi) is 4.77. The maximum absolute atomic E-state index is 11.1. The van der Waals surface area contributed by atoms with Gasteiger partial charge in [-0.25, -0.2) is 0 Å². The van der Waals surface area contributed by atoms with Gasteiger partial charge in [0.05, 0.1) is 11.3 Å². The lowest BCUT2D eigenvalue weighted by Gasteiger charge is -2.35. The van der Waals surface area contributed by atoms with Crippen LogP contribution in [0.3, 0.4) is 0 Å². The van der Waals surface area contributed by atoms with Gasteiger partial charge < -0.3 is 16.0 Å². The van der Waals surface area contributed by atoms with E-state index in [4.69, 9.17) is 18.0 Å². The van der Waals surface area contributed by atoms with Gasteiger partial charge in [0.15, 0.2) is 0 Å². The third-order valence-corrected chi connectivity index (χ3v) is 4.00. The number of rotatable bonds is 3. The van der Waals surface area contributed by atoms with Crippen molar-refractivity contribution in [3.8, 4) is 0 Å². The Hall–Kier alpha value is -1.69. The first-order chi connectivity index (χ1) is 9.88. The number of thiocarbonyl (C=S) groups is 1. The molecule has 0 unspecified atom stereocenters. The van der Waals surface area contributed by atoms with Crippen LogP contribution in [0.15, 0.2) is 6.07 Å². The molecule has 0 aliphatic carbocycles. The van der Waals surface area contributed by atoms with Crippen LogP contribution in [0.1, 0.15) is 36.7 Å². The summed E-state index contributed by atoms with van der Waals surface area (Å²) in [7, 11) is 0. The first-order valence-electron chi connectivity index (χ1n) is 7.18. The molecule has 1 amide bonds. The number of nitrogens with one attached hydrogen (secondary N) is 1. The van der Waals surface area contributed by atoms with Crippen LogP contribution in [0.5, 0.6) is 0 Å². The summed E-state index contributed by atoms with van der Waals surface area (Å²) in [5.41, 5.74) is 9.65. The molecule has 114 valence electrons. The molecule has 0 radical (unpaired) electrons. The van der Waals surface area contributed by atoms with E-state index in [0.717, 1.165) is 48.6 Å². The van der Waals surface area contributed by atoms with Crippen molar-refractivity contribution in [2.75, 3.05) is 18.0 Å². The largest absolute Gasteiger partial charge is 0.389 e. The van der Waals surface area contributed by atoms with Crippen LogP contribution in [0, 0.1) is 13.8 Å². The van der Waals surface area contributed by atoms with Crippen molar-refractivity contribution < 1.29 is 4.79 Å². The van der Waals surface area contributed by atoms with Crippen LogP contribution in [-0.2, 0) is 4.79 Å². The van der Waals surface area contributed by atoms with Crippen molar-refractivity contribution in [2.45, 2.75) is 39.7 Å². The number of aromatic nitrogens is 1. The van der Waals surface area contributed by atoms with Gasteiger partial charge in [0.1, 0.15) is 4.99 Å². The number of hydrogen-bond acceptors (Lipinski definition) is 4. The summed E-state index contributed by atoms with van der Waals surface area (Å²) < 4.78 is 0. The summed E-state index contributed by atoms with van der Waals surface area (Å²) in [6.07, 6.45) is 1.85. The second-order valence-electron chi connectivity index (χ2n) is 5.57. The minimum atomic E-state index is 0.0351. The third kappa shape index (κ3) is 3.69. The normalized spacial score (nSPS) is 15.9. The molecule has 0 atom stereocenters. The van der Waals surface area contributed by atoms with Crippen molar-refractivity contribution >= 4 is 28.8 Å². The van der Waals surface area contributed by atoms with E-state index in [1.165, 1.54) is 0 Å². The van der Waals surface area contributed by atoms with Gasteiger partial charge >= 0.3 is 0 Å². The average Bonchev–Trinajstić information content (AvgIpc) is 2.37. The highest BCUT2D eigenvalue weighted by Gasteiger charge is 2.23. The highest BCUT2D eigenvalue weighted by molar-refractivity contribution is 7.80. The van der Waals surface area contributed by atoms with Crippen LogP contribution in [0.2, 0.25) is 0 Å². The number of anilines is 1. The average molecular weight is 306 g/mol.